The van der Waals surface area contributed by atoms with Gasteiger partial charge in [-0.25, -0.2) is 4.98 Å². The first-order valence-electron chi connectivity index (χ1n) is 9.96. The SMILES string of the molecule is Clc1ccccc1-c1ccc2cnc(Nc3cnccc3O[C@@H]3CCCNC3)n2n1. The van der Waals surface area contributed by atoms with Crippen LogP contribution in [0.25, 0.3) is 16.8 Å². The fourth-order valence-corrected chi connectivity index (χ4v) is 3.81. The van der Waals surface area contributed by atoms with Gasteiger partial charge in [0.25, 0.3) is 0 Å². The molecule has 0 spiro atoms. The van der Waals surface area contributed by atoms with Crippen LogP contribution in [0, 0.1) is 0 Å². The lowest BCUT2D eigenvalue weighted by molar-refractivity contribution is 0.168. The molecule has 4 aromatic rings. The summed E-state index contributed by atoms with van der Waals surface area (Å²) in [7, 11) is 0. The van der Waals surface area contributed by atoms with Crippen LogP contribution >= 0.6 is 11.6 Å². The third kappa shape index (κ3) is 3.81. The monoisotopic (exact) mass is 420 g/mol. The van der Waals surface area contributed by atoms with Crippen molar-refractivity contribution >= 4 is 28.8 Å². The number of halogens is 1. The number of ether oxygens (including phenoxy) is 1. The van der Waals surface area contributed by atoms with E-state index in [2.05, 4.69) is 20.6 Å². The van der Waals surface area contributed by atoms with Gasteiger partial charge >= 0.3 is 0 Å². The Balaban J connectivity index is 1.46. The Morgan fingerprint density at radius 2 is 2.07 bits per heavy atom. The van der Waals surface area contributed by atoms with E-state index in [0.717, 1.165) is 54.1 Å². The van der Waals surface area contributed by atoms with Crippen LogP contribution in [0.1, 0.15) is 12.8 Å². The van der Waals surface area contributed by atoms with Gasteiger partial charge in [0.05, 0.1) is 28.6 Å². The number of nitrogens with one attached hydrogen (secondary N) is 2. The number of benzene rings is 1. The minimum absolute atomic E-state index is 0.142. The number of pyridine rings is 1. The number of aromatic nitrogens is 4. The molecule has 1 saturated heterocycles. The molecule has 1 atom stereocenters. The first-order chi connectivity index (χ1) is 14.8. The predicted octanol–water partition coefficient (Wildman–Crippen LogP) is 4.32. The maximum absolute atomic E-state index is 6.36. The number of fused-ring (bicyclic) bond motifs is 1. The van der Waals surface area contributed by atoms with E-state index >= 15 is 0 Å². The predicted molar refractivity (Wildman–Crippen MR) is 117 cm³/mol. The zero-order chi connectivity index (χ0) is 20.3. The Morgan fingerprint density at radius 3 is 2.93 bits per heavy atom. The van der Waals surface area contributed by atoms with Crippen molar-refractivity contribution in [3.63, 3.8) is 0 Å². The quantitative estimate of drug-likeness (QED) is 0.500. The Morgan fingerprint density at radius 1 is 1.13 bits per heavy atom. The van der Waals surface area contributed by atoms with E-state index in [1.165, 1.54) is 0 Å². The summed E-state index contributed by atoms with van der Waals surface area (Å²) < 4.78 is 7.98. The smallest absolute Gasteiger partial charge is 0.229 e. The second-order valence-corrected chi connectivity index (χ2v) is 7.61. The number of nitrogens with zero attached hydrogens (tertiary/aromatic N) is 4. The first-order valence-corrected chi connectivity index (χ1v) is 10.3. The molecule has 4 heterocycles. The molecular formula is C22H21ClN6O. The van der Waals surface area contributed by atoms with Gasteiger partial charge in [0.15, 0.2) is 0 Å². The van der Waals surface area contributed by atoms with E-state index in [1.54, 1.807) is 23.1 Å². The molecule has 7 nitrogen and oxygen atoms in total. The van der Waals surface area contributed by atoms with Crippen molar-refractivity contribution in [1.82, 2.24) is 24.9 Å². The third-order valence-corrected chi connectivity index (χ3v) is 5.44. The summed E-state index contributed by atoms with van der Waals surface area (Å²) in [6, 6.07) is 13.4. The van der Waals surface area contributed by atoms with Gasteiger partial charge in [0.2, 0.25) is 5.95 Å². The van der Waals surface area contributed by atoms with Gasteiger partial charge in [-0.1, -0.05) is 29.8 Å². The van der Waals surface area contributed by atoms with Crippen molar-refractivity contribution in [1.29, 1.82) is 0 Å². The van der Waals surface area contributed by atoms with E-state index in [-0.39, 0.29) is 6.10 Å². The van der Waals surface area contributed by atoms with Gasteiger partial charge in [-0.2, -0.15) is 9.61 Å². The second kappa shape index (κ2) is 8.30. The summed E-state index contributed by atoms with van der Waals surface area (Å²) in [6.45, 7) is 1.89. The van der Waals surface area contributed by atoms with Crippen molar-refractivity contribution in [3.8, 4) is 17.0 Å². The van der Waals surface area contributed by atoms with Crippen molar-refractivity contribution in [2.45, 2.75) is 18.9 Å². The molecule has 152 valence electrons. The van der Waals surface area contributed by atoms with Crippen LogP contribution in [0.5, 0.6) is 5.75 Å². The van der Waals surface area contributed by atoms with Crippen molar-refractivity contribution < 1.29 is 4.74 Å². The zero-order valence-electron chi connectivity index (χ0n) is 16.3. The van der Waals surface area contributed by atoms with Crippen LogP contribution in [0.3, 0.4) is 0 Å². The number of piperidine rings is 1. The van der Waals surface area contributed by atoms with Crippen molar-refractivity contribution in [3.05, 3.63) is 66.1 Å². The van der Waals surface area contributed by atoms with Gasteiger partial charge in [0.1, 0.15) is 17.5 Å². The Bertz CT molecular complexity index is 1170. The molecule has 5 rings (SSSR count). The number of rotatable bonds is 5. The van der Waals surface area contributed by atoms with E-state index in [1.807, 2.05) is 42.5 Å². The summed E-state index contributed by atoms with van der Waals surface area (Å²) >= 11 is 6.36. The second-order valence-electron chi connectivity index (χ2n) is 7.20. The number of anilines is 2. The average molecular weight is 421 g/mol. The molecule has 0 unspecified atom stereocenters. The molecule has 0 bridgehead atoms. The van der Waals surface area contributed by atoms with Gasteiger partial charge in [0, 0.05) is 24.4 Å². The van der Waals surface area contributed by atoms with Crippen molar-refractivity contribution in [2.24, 2.45) is 0 Å². The van der Waals surface area contributed by atoms with Crippen LogP contribution < -0.4 is 15.4 Å². The standard InChI is InChI=1S/C22H21ClN6O/c23-18-6-2-1-5-17(18)19-8-7-15-12-26-22(29(15)28-19)27-20-14-25-11-9-21(20)30-16-4-3-10-24-13-16/h1-2,5-9,11-12,14,16,24H,3-4,10,13H2,(H,26,27)/t16-/m1/s1. The summed E-state index contributed by atoms with van der Waals surface area (Å²) in [5, 5.41) is 12.1. The molecule has 1 aliphatic heterocycles. The fourth-order valence-electron chi connectivity index (χ4n) is 3.58. The summed E-state index contributed by atoms with van der Waals surface area (Å²) in [6.07, 6.45) is 7.53. The highest BCUT2D eigenvalue weighted by molar-refractivity contribution is 6.33. The normalized spacial score (nSPS) is 16.5. The highest BCUT2D eigenvalue weighted by atomic mass is 35.5. The maximum atomic E-state index is 6.36. The number of imidazole rings is 1. The summed E-state index contributed by atoms with van der Waals surface area (Å²) in [4.78, 5) is 8.74. The molecule has 2 N–H and O–H groups in total. The first kappa shape index (κ1) is 18.8. The lowest BCUT2D eigenvalue weighted by Crippen LogP contribution is -2.37. The van der Waals surface area contributed by atoms with Gasteiger partial charge in [-0.05, 0) is 37.6 Å². The lowest BCUT2D eigenvalue weighted by atomic mass is 10.1. The molecule has 0 radical (unpaired) electrons. The largest absolute Gasteiger partial charge is 0.487 e. The van der Waals surface area contributed by atoms with Crippen molar-refractivity contribution in [2.75, 3.05) is 18.4 Å². The minimum atomic E-state index is 0.142. The van der Waals surface area contributed by atoms with E-state index in [9.17, 15) is 0 Å². The highest BCUT2D eigenvalue weighted by Gasteiger charge is 2.17. The van der Waals surface area contributed by atoms with Gasteiger partial charge < -0.3 is 15.4 Å². The van der Waals surface area contributed by atoms with E-state index in [0.29, 0.717) is 11.0 Å². The van der Waals surface area contributed by atoms with E-state index < -0.39 is 0 Å². The minimum Gasteiger partial charge on any atom is -0.487 e. The Labute approximate surface area is 179 Å². The molecule has 30 heavy (non-hydrogen) atoms. The molecule has 3 aromatic heterocycles. The summed E-state index contributed by atoms with van der Waals surface area (Å²) in [5.41, 5.74) is 3.26. The number of hydrogen-bond acceptors (Lipinski definition) is 6. The Hall–Kier alpha value is -3.16. The van der Waals surface area contributed by atoms with Gasteiger partial charge in [-0.3, -0.25) is 4.98 Å². The lowest BCUT2D eigenvalue weighted by Gasteiger charge is -2.25. The zero-order valence-corrected chi connectivity index (χ0v) is 17.0. The fraction of sp³-hybridized carbons (Fsp3) is 0.227. The highest BCUT2D eigenvalue weighted by Crippen LogP contribution is 2.30. The molecular weight excluding hydrogens is 400 g/mol. The Kier molecular flexibility index (Phi) is 5.21. The molecule has 0 aliphatic carbocycles. The average Bonchev–Trinajstić information content (AvgIpc) is 3.18. The van der Waals surface area contributed by atoms with Crippen LogP contribution in [-0.2, 0) is 0 Å². The molecule has 0 amide bonds. The number of hydrogen-bond donors (Lipinski definition) is 2. The van der Waals surface area contributed by atoms with Crippen LogP contribution in [0.4, 0.5) is 11.6 Å². The molecule has 1 fully saturated rings. The van der Waals surface area contributed by atoms with Gasteiger partial charge in [-0.15, -0.1) is 0 Å². The summed E-state index contributed by atoms with van der Waals surface area (Å²) in [5.74, 6) is 1.33. The maximum Gasteiger partial charge on any atom is 0.229 e. The molecule has 1 aliphatic rings. The van der Waals surface area contributed by atoms with Crippen LogP contribution in [-0.4, -0.2) is 38.8 Å². The third-order valence-electron chi connectivity index (χ3n) is 5.11. The van der Waals surface area contributed by atoms with Crippen LogP contribution in [0.2, 0.25) is 5.02 Å². The van der Waals surface area contributed by atoms with Crippen LogP contribution in [0.15, 0.2) is 61.1 Å². The van der Waals surface area contributed by atoms with E-state index in [4.69, 9.17) is 21.4 Å². The molecule has 8 heteroatoms. The molecule has 1 aromatic carbocycles. The molecule has 0 saturated carbocycles. The topological polar surface area (TPSA) is 76.4 Å².